The Labute approximate surface area is 122 Å². The fraction of sp³-hybridized carbons (Fsp3) is 0.125. The van der Waals surface area contributed by atoms with Crippen molar-refractivity contribution in [2.45, 2.75) is 6.61 Å². The monoisotopic (exact) mass is 285 g/mol. The topological polar surface area (TPSA) is 64.6 Å². The maximum Gasteiger partial charge on any atom is 0.411 e. The van der Waals surface area contributed by atoms with Crippen LogP contribution in [0.3, 0.4) is 0 Å². The van der Waals surface area contributed by atoms with Gasteiger partial charge in [-0.05, 0) is 29.8 Å². The number of benzene rings is 2. The van der Waals surface area contributed by atoms with Crippen LogP contribution in [0.2, 0.25) is 0 Å². The van der Waals surface area contributed by atoms with Gasteiger partial charge in [-0.15, -0.1) is 0 Å². The molecule has 0 unspecified atom stereocenters. The third-order valence-electron chi connectivity index (χ3n) is 2.63. The molecule has 5 nitrogen and oxygen atoms in total. The van der Waals surface area contributed by atoms with Crippen molar-refractivity contribution in [2.24, 2.45) is 0 Å². The summed E-state index contributed by atoms with van der Waals surface area (Å²) in [4.78, 5) is 21.8. The van der Waals surface area contributed by atoms with Gasteiger partial charge < -0.3 is 9.47 Å². The average molecular weight is 285 g/mol. The van der Waals surface area contributed by atoms with Crippen LogP contribution in [0.5, 0.6) is 5.75 Å². The number of amides is 1. The highest BCUT2D eigenvalue weighted by Gasteiger charge is 2.04. The second kappa shape index (κ2) is 7.69. The summed E-state index contributed by atoms with van der Waals surface area (Å²) in [6.07, 6.45) is 0.146. The first-order valence-corrected chi connectivity index (χ1v) is 6.42. The molecule has 2 aromatic rings. The van der Waals surface area contributed by atoms with Crippen LogP contribution in [0, 0.1) is 0 Å². The molecule has 1 N–H and O–H groups in total. The van der Waals surface area contributed by atoms with E-state index in [1.165, 1.54) is 0 Å². The number of ether oxygens (including phenoxy) is 2. The van der Waals surface area contributed by atoms with E-state index in [1.54, 1.807) is 24.3 Å². The van der Waals surface area contributed by atoms with E-state index >= 15 is 0 Å². The number of aldehydes is 1. The lowest BCUT2D eigenvalue weighted by molar-refractivity contribution is -0.109. The Balaban J connectivity index is 1.80. The minimum Gasteiger partial charge on any atom is -0.486 e. The standard InChI is InChI=1S/C16H15NO4/c18-10-11-20-15-8-6-14(7-9-15)17-16(19)21-12-13-4-2-1-3-5-13/h1-10H,11-12H2,(H,17,19). The zero-order valence-corrected chi connectivity index (χ0v) is 11.3. The van der Waals surface area contributed by atoms with Gasteiger partial charge in [0, 0.05) is 5.69 Å². The smallest absolute Gasteiger partial charge is 0.411 e. The Morgan fingerprint density at radius 3 is 2.43 bits per heavy atom. The lowest BCUT2D eigenvalue weighted by Crippen LogP contribution is -2.13. The SMILES string of the molecule is O=CCOc1ccc(NC(=O)OCc2ccccc2)cc1. The Bertz CT molecular complexity index is 581. The van der Waals surface area contributed by atoms with Crippen molar-refractivity contribution in [3.8, 4) is 5.75 Å². The maximum absolute atomic E-state index is 11.6. The molecule has 0 bridgehead atoms. The van der Waals surface area contributed by atoms with Gasteiger partial charge in [0.2, 0.25) is 0 Å². The minimum absolute atomic E-state index is 0.00585. The first-order valence-electron chi connectivity index (χ1n) is 6.42. The van der Waals surface area contributed by atoms with E-state index in [1.807, 2.05) is 30.3 Å². The molecule has 0 radical (unpaired) electrons. The minimum atomic E-state index is -0.527. The van der Waals surface area contributed by atoms with Crippen molar-refractivity contribution >= 4 is 18.1 Å². The van der Waals surface area contributed by atoms with Crippen molar-refractivity contribution in [3.05, 3.63) is 60.2 Å². The summed E-state index contributed by atoms with van der Waals surface area (Å²) in [5, 5.41) is 2.61. The first kappa shape index (κ1) is 14.6. The van der Waals surface area contributed by atoms with Crippen LogP contribution in [0.25, 0.3) is 0 Å². The van der Waals surface area contributed by atoms with Crippen molar-refractivity contribution in [2.75, 3.05) is 11.9 Å². The molecular weight excluding hydrogens is 270 g/mol. The summed E-state index contributed by atoms with van der Waals surface area (Å²) in [6, 6.07) is 16.1. The van der Waals surface area contributed by atoms with E-state index in [2.05, 4.69) is 5.32 Å². The number of rotatable bonds is 6. The second-order valence-corrected chi connectivity index (χ2v) is 4.19. The maximum atomic E-state index is 11.6. The van der Waals surface area contributed by atoms with E-state index in [-0.39, 0.29) is 13.2 Å². The van der Waals surface area contributed by atoms with Gasteiger partial charge in [0.15, 0.2) is 6.29 Å². The van der Waals surface area contributed by atoms with Crippen LogP contribution in [0.1, 0.15) is 5.56 Å². The van der Waals surface area contributed by atoms with Gasteiger partial charge in [-0.2, -0.15) is 0 Å². The largest absolute Gasteiger partial charge is 0.486 e. The molecule has 0 atom stereocenters. The molecule has 0 saturated carbocycles. The molecule has 0 aromatic heterocycles. The normalized spacial score (nSPS) is 9.71. The molecule has 0 aliphatic heterocycles. The van der Waals surface area contributed by atoms with Gasteiger partial charge in [-0.1, -0.05) is 30.3 Å². The van der Waals surface area contributed by atoms with Gasteiger partial charge in [0.05, 0.1) is 0 Å². The number of nitrogens with one attached hydrogen (secondary N) is 1. The summed E-state index contributed by atoms with van der Waals surface area (Å²) in [5.74, 6) is 0.560. The van der Waals surface area contributed by atoms with Crippen molar-refractivity contribution in [1.29, 1.82) is 0 Å². The number of carbonyl (C=O) groups excluding carboxylic acids is 2. The van der Waals surface area contributed by atoms with Gasteiger partial charge in [-0.25, -0.2) is 4.79 Å². The van der Waals surface area contributed by atoms with Crippen LogP contribution in [-0.4, -0.2) is 19.0 Å². The highest BCUT2D eigenvalue weighted by atomic mass is 16.5. The van der Waals surface area contributed by atoms with E-state index in [0.29, 0.717) is 17.7 Å². The Hall–Kier alpha value is -2.82. The zero-order valence-electron chi connectivity index (χ0n) is 11.3. The predicted molar refractivity (Wildman–Crippen MR) is 78.3 cm³/mol. The summed E-state index contributed by atoms with van der Waals surface area (Å²) in [6.45, 7) is 0.221. The van der Waals surface area contributed by atoms with Crippen LogP contribution in [0.4, 0.5) is 10.5 Å². The van der Waals surface area contributed by atoms with Gasteiger partial charge >= 0.3 is 6.09 Å². The Morgan fingerprint density at radius 1 is 1.05 bits per heavy atom. The summed E-state index contributed by atoms with van der Waals surface area (Å²) >= 11 is 0. The summed E-state index contributed by atoms with van der Waals surface area (Å²) in [7, 11) is 0. The third-order valence-corrected chi connectivity index (χ3v) is 2.63. The number of anilines is 1. The lowest BCUT2D eigenvalue weighted by Gasteiger charge is -2.08. The van der Waals surface area contributed by atoms with Gasteiger partial charge in [-0.3, -0.25) is 10.1 Å². The molecule has 0 aliphatic rings. The third kappa shape index (κ3) is 4.99. The number of hydrogen-bond acceptors (Lipinski definition) is 4. The Morgan fingerprint density at radius 2 is 1.76 bits per heavy atom. The fourth-order valence-electron chi connectivity index (χ4n) is 1.64. The molecule has 108 valence electrons. The Kier molecular flexibility index (Phi) is 5.34. The van der Waals surface area contributed by atoms with E-state index < -0.39 is 6.09 Å². The summed E-state index contributed by atoms with van der Waals surface area (Å²) in [5.41, 5.74) is 1.51. The molecule has 1 amide bonds. The highest BCUT2D eigenvalue weighted by molar-refractivity contribution is 5.84. The molecule has 21 heavy (non-hydrogen) atoms. The zero-order chi connectivity index (χ0) is 14.9. The lowest BCUT2D eigenvalue weighted by atomic mass is 10.2. The molecular formula is C16H15NO4. The quantitative estimate of drug-likeness (QED) is 0.829. The van der Waals surface area contributed by atoms with Crippen LogP contribution >= 0.6 is 0 Å². The second-order valence-electron chi connectivity index (χ2n) is 4.19. The van der Waals surface area contributed by atoms with Gasteiger partial charge in [0.25, 0.3) is 0 Å². The van der Waals surface area contributed by atoms with E-state index in [4.69, 9.17) is 9.47 Å². The van der Waals surface area contributed by atoms with Crippen LogP contribution in [0.15, 0.2) is 54.6 Å². The molecule has 0 heterocycles. The molecule has 0 aliphatic carbocycles. The molecule has 0 spiro atoms. The first-order chi connectivity index (χ1) is 10.3. The molecule has 0 fully saturated rings. The van der Waals surface area contributed by atoms with Crippen LogP contribution in [-0.2, 0) is 16.1 Å². The van der Waals surface area contributed by atoms with E-state index in [9.17, 15) is 9.59 Å². The number of carbonyl (C=O) groups is 2. The number of hydrogen-bond donors (Lipinski definition) is 1. The average Bonchev–Trinajstić information content (AvgIpc) is 2.53. The predicted octanol–water partition coefficient (Wildman–Crippen LogP) is 3.01. The molecule has 2 aromatic carbocycles. The van der Waals surface area contributed by atoms with E-state index in [0.717, 1.165) is 5.56 Å². The van der Waals surface area contributed by atoms with Crippen LogP contribution < -0.4 is 10.1 Å². The fourth-order valence-corrected chi connectivity index (χ4v) is 1.64. The molecule has 2 rings (SSSR count). The van der Waals surface area contributed by atoms with Crippen molar-refractivity contribution in [1.82, 2.24) is 0 Å². The highest BCUT2D eigenvalue weighted by Crippen LogP contribution is 2.15. The van der Waals surface area contributed by atoms with Crippen molar-refractivity contribution in [3.63, 3.8) is 0 Å². The summed E-state index contributed by atoms with van der Waals surface area (Å²) < 4.78 is 10.2. The van der Waals surface area contributed by atoms with Gasteiger partial charge in [0.1, 0.15) is 19.0 Å². The molecule has 0 saturated heterocycles. The van der Waals surface area contributed by atoms with Crippen molar-refractivity contribution < 1.29 is 19.1 Å². The molecule has 5 heteroatoms.